The molecule has 90 valence electrons. The predicted molar refractivity (Wildman–Crippen MR) is 59.1 cm³/mol. The van der Waals surface area contributed by atoms with Gasteiger partial charge in [-0.25, -0.2) is 0 Å². The predicted octanol–water partition coefficient (Wildman–Crippen LogP) is 1.78. The van der Waals surface area contributed by atoms with Crippen LogP contribution in [0.25, 0.3) is 0 Å². The van der Waals surface area contributed by atoms with Gasteiger partial charge < -0.3 is 19.6 Å². The molecule has 0 heterocycles. The Morgan fingerprint density at radius 1 is 1.44 bits per heavy atom. The van der Waals surface area contributed by atoms with Crippen molar-refractivity contribution >= 4 is 7.60 Å². The van der Waals surface area contributed by atoms with Crippen LogP contribution in [0.15, 0.2) is 24.3 Å². The fraction of sp³-hybridized carbons (Fsp3) is 0.400. The van der Waals surface area contributed by atoms with Gasteiger partial charge in [0.25, 0.3) is 0 Å². The molecule has 1 aromatic carbocycles. The Hall–Kier alpha value is -0.870. The van der Waals surface area contributed by atoms with Gasteiger partial charge in [0.1, 0.15) is 5.75 Å². The fourth-order valence-corrected chi connectivity index (χ4v) is 2.42. The number of rotatable bonds is 4. The minimum Gasteiger partial charge on any atom is -0.508 e. The van der Waals surface area contributed by atoms with Crippen molar-refractivity contribution in [1.29, 1.82) is 0 Å². The number of aromatic hydroxyl groups is 1. The molecule has 0 saturated heterocycles. The molecule has 0 fully saturated rings. The van der Waals surface area contributed by atoms with Crippen molar-refractivity contribution in [3.8, 4) is 5.75 Å². The Morgan fingerprint density at radius 2 is 2.00 bits per heavy atom. The van der Waals surface area contributed by atoms with Crippen molar-refractivity contribution in [3.63, 3.8) is 0 Å². The van der Waals surface area contributed by atoms with Crippen molar-refractivity contribution in [2.45, 2.75) is 19.2 Å². The Balaban J connectivity index is 3.21. The standard InChI is InChI=1S/C10H15O5P/c1-3-15-16(13,14)10(2,12)8-6-4-5-7-9(8)11/h4-7,11-12H,3H2,1-2H3,(H,13,14). The molecule has 16 heavy (non-hydrogen) atoms. The first kappa shape index (κ1) is 13.2. The SMILES string of the molecule is CCOP(=O)(O)C(C)(O)c1ccccc1O. The minimum atomic E-state index is -4.25. The third-order valence-corrected chi connectivity index (χ3v) is 4.22. The summed E-state index contributed by atoms with van der Waals surface area (Å²) in [6.45, 7) is 2.68. The van der Waals surface area contributed by atoms with E-state index in [2.05, 4.69) is 4.52 Å². The van der Waals surface area contributed by atoms with Gasteiger partial charge in [-0.05, 0) is 19.9 Å². The Kier molecular flexibility index (Phi) is 3.76. The topological polar surface area (TPSA) is 87.0 Å². The highest BCUT2D eigenvalue weighted by atomic mass is 31.2. The van der Waals surface area contributed by atoms with Crippen LogP contribution in [0.4, 0.5) is 0 Å². The van der Waals surface area contributed by atoms with Gasteiger partial charge in [-0.1, -0.05) is 18.2 Å². The van der Waals surface area contributed by atoms with Crippen LogP contribution >= 0.6 is 7.60 Å². The van der Waals surface area contributed by atoms with E-state index in [1.807, 2.05) is 0 Å². The lowest BCUT2D eigenvalue weighted by Gasteiger charge is -2.28. The summed E-state index contributed by atoms with van der Waals surface area (Å²) in [6.07, 6.45) is 0. The molecule has 3 N–H and O–H groups in total. The fourth-order valence-electron chi connectivity index (χ4n) is 1.33. The van der Waals surface area contributed by atoms with E-state index in [0.717, 1.165) is 6.92 Å². The highest BCUT2D eigenvalue weighted by Crippen LogP contribution is 2.60. The number of para-hydroxylation sites is 1. The Morgan fingerprint density at radius 3 is 2.50 bits per heavy atom. The molecule has 2 unspecified atom stereocenters. The average molecular weight is 246 g/mol. The summed E-state index contributed by atoms with van der Waals surface area (Å²) in [5, 5.41) is 17.4. The normalized spacial score (nSPS) is 18.8. The van der Waals surface area contributed by atoms with E-state index in [-0.39, 0.29) is 17.9 Å². The monoisotopic (exact) mass is 246 g/mol. The lowest BCUT2D eigenvalue weighted by molar-refractivity contribution is 0.0923. The molecule has 6 heteroatoms. The molecule has 1 rings (SSSR count). The van der Waals surface area contributed by atoms with E-state index in [4.69, 9.17) is 0 Å². The lowest BCUT2D eigenvalue weighted by atomic mass is 10.1. The summed E-state index contributed by atoms with van der Waals surface area (Å²) < 4.78 is 16.4. The molecule has 2 atom stereocenters. The smallest absolute Gasteiger partial charge is 0.363 e. The first-order chi connectivity index (χ1) is 7.33. The number of hydrogen-bond donors (Lipinski definition) is 3. The Labute approximate surface area is 93.9 Å². The van der Waals surface area contributed by atoms with Crippen LogP contribution in [0.3, 0.4) is 0 Å². The van der Waals surface area contributed by atoms with Gasteiger partial charge in [0.05, 0.1) is 6.61 Å². The lowest BCUT2D eigenvalue weighted by Crippen LogP contribution is -2.22. The van der Waals surface area contributed by atoms with Crippen LogP contribution in [0.5, 0.6) is 5.75 Å². The van der Waals surface area contributed by atoms with Crippen LogP contribution < -0.4 is 0 Å². The first-order valence-electron chi connectivity index (χ1n) is 4.81. The molecule has 0 radical (unpaired) electrons. The highest BCUT2D eigenvalue weighted by Gasteiger charge is 2.46. The number of phenols is 1. The molecular weight excluding hydrogens is 231 g/mol. The summed E-state index contributed by atoms with van der Waals surface area (Å²) in [4.78, 5) is 9.59. The number of phenolic OH excluding ortho intramolecular Hbond substituents is 1. The third kappa shape index (κ3) is 2.28. The number of benzene rings is 1. The van der Waals surface area contributed by atoms with E-state index in [9.17, 15) is 19.7 Å². The van der Waals surface area contributed by atoms with Crippen molar-refractivity contribution in [1.82, 2.24) is 0 Å². The molecule has 0 amide bonds. The van der Waals surface area contributed by atoms with Crippen LogP contribution in [-0.4, -0.2) is 21.7 Å². The second-order valence-electron chi connectivity index (χ2n) is 3.48. The quantitative estimate of drug-likeness (QED) is 0.705. The van der Waals surface area contributed by atoms with Gasteiger partial charge in [-0.2, -0.15) is 0 Å². The van der Waals surface area contributed by atoms with Crippen LogP contribution in [0.1, 0.15) is 19.4 Å². The van der Waals surface area contributed by atoms with E-state index in [1.165, 1.54) is 12.1 Å². The summed E-state index contributed by atoms with van der Waals surface area (Å²) in [6, 6.07) is 5.81. The molecule has 1 aromatic rings. The summed E-state index contributed by atoms with van der Waals surface area (Å²) in [7, 11) is -4.25. The summed E-state index contributed by atoms with van der Waals surface area (Å²) in [5.41, 5.74) is -0.0331. The number of hydrogen-bond acceptors (Lipinski definition) is 4. The second-order valence-corrected chi connectivity index (χ2v) is 5.65. The molecule has 5 nitrogen and oxygen atoms in total. The molecule has 0 spiro atoms. The van der Waals surface area contributed by atoms with Gasteiger partial charge in [-0.3, -0.25) is 4.57 Å². The van der Waals surface area contributed by atoms with Gasteiger partial charge >= 0.3 is 7.60 Å². The molecule has 0 aliphatic carbocycles. The molecule has 0 aromatic heterocycles. The summed E-state index contributed by atoms with van der Waals surface area (Å²) in [5.74, 6) is -0.249. The Bertz CT molecular complexity index is 415. The van der Waals surface area contributed by atoms with Crippen molar-refractivity contribution in [2.24, 2.45) is 0 Å². The highest BCUT2D eigenvalue weighted by molar-refractivity contribution is 7.53. The maximum absolute atomic E-state index is 11.8. The van der Waals surface area contributed by atoms with Gasteiger partial charge in [0.2, 0.25) is 0 Å². The zero-order chi connectivity index (χ0) is 12.4. The molecule has 0 aliphatic heterocycles. The molecule has 0 bridgehead atoms. The second kappa shape index (κ2) is 4.55. The largest absolute Gasteiger partial charge is 0.508 e. The van der Waals surface area contributed by atoms with Crippen LogP contribution in [-0.2, 0) is 14.4 Å². The van der Waals surface area contributed by atoms with E-state index in [0.29, 0.717) is 0 Å². The van der Waals surface area contributed by atoms with Crippen molar-refractivity contribution in [3.05, 3.63) is 29.8 Å². The van der Waals surface area contributed by atoms with Crippen LogP contribution in [0, 0.1) is 0 Å². The third-order valence-electron chi connectivity index (χ3n) is 2.27. The average Bonchev–Trinajstić information content (AvgIpc) is 2.17. The summed E-state index contributed by atoms with van der Waals surface area (Å²) >= 11 is 0. The zero-order valence-electron chi connectivity index (χ0n) is 9.12. The van der Waals surface area contributed by atoms with Crippen molar-refractivity contribution in [2.75, 3.05) is 6.61 Å². The van der Waals surface area contributed by atoms with Gasteiger partial charge in [-0.15, -0.1) is 0 Å². The minimum absolute atomic E-state index is 0.00246. The van der Waals surface area contributed by atoms with Crippen LogP contribution in [0.2, 0.25) is 0 Å². The van der Waals surface area contributed by atoms with E-state index >= 15 is 0 Å². The van der Waals surface area contributed by atoms with E-state index < -0.39 is 12.9 Å². The van der Waals surface area contributed by atoms with Crippen molar-refractivity contribution < 1.29 is 24.2 Å². The molecule has 0 saturated carbocycles. The molecule has 0 aliphatic rings. The number of aliphatic hydroxyl groups is 1. The molecular formula is C10H15O5P. The maximum atomic E-state index is 11.8. The first-order valence-corrected chi connectivity index (χ1v) is 6.39. The maximum Gasteiger partial charge on any atom is 0.363 e. The van der Waals surface area contributed by atoms with Gasteiger partial charge in [0, 0.05) is 5.56 Å². The zero-order valence-corrected chi connectivity index (χ0v) is 10.0. The van der Waals surface area contributed by atoms with Gasteiger partial charge in [0.15, 0.2) is 5.34 Å². The van der Waals surface area contributed by atoms with E-state index in [1.54, 1.807) is 19.1 Å².